The number of carbonyl (C=O) groups excluding carboxylic acids is 2. The number of thiophene rings is 2. The first-order valence-electron chi connectivity index (χ1n) is 10.6. The van der Waals surface area contributed by atoms with Crippen molar-refractivity contribution in [1.82, 2.24) is 4.98 Å². The second-order valence-corrected chi connectivity index (χ2v) is 10.7. The molecule has 0 bridgehead atoms. The van der Waals surface area contributed by atoms with Gasteiger partial charge in [0.15, 0.2) is 0 Å². The lowest BCUT2D eigenvalue weighted by molar-refractivity contribution is 0.0601. The van der Waals surface area contributed by atoms with Crippen LogP contribution >= 0.6 is 22.7 Å². The van der Waals surface area contributed by atoms with Gasteiger partial charge in [0, 0.05) is 10.3 Å². The number of amides is 1. The van der Waals surface area contributed by atoms with Crippen molar-refractivity contribution in [3.05, 3.63) is 32.0 Å². The number of pyridine rings is 1. The number of esters is 1. The van der Waals surface area contributed by atoms with Crippen LogP contribution in [-0.2, 0) is 17.6 Å². The van der Waals surface area contributed by atoms with E-state index in [-0.39, 0.29) is 27.9 Å². The highest BCUT2D eigenvalue weighted by Crippen LogP contribution is 2.43. The molecule has 1 unspecified atom stereocenters. The quantitative estimate of drug-likeness (QED) is 0.457. The summed E-state index contributed by atoms with van der Waals surface area (Å²) < 4.78 is 5.01. The number of nitrogens with two attached hydrogens (primary N) is 2. The lowest BCUT2D eigenvalue weighted by Crippen LogP contribution is -2.16. The van der Waals surface area contributed by atoms with Gasteiger partial charge in [0.05, 0.1) is 23.9 Å². The number of methoxy groups -OCH3 is 1. The van der Waals surface area contributed by atoms with Crippen molar-refractivity contribution in [3.8, 4) is 6.07 Å². The van der Waals surface area contributed by atoms with Crippen molar-refractivity contribution in [3.63, 3.8) is 0 Å². The van der Waals surface area contributed by atoms with Gasteiger partial charge in [0.1, 0.15) is 26.6 Å². The highest BCUT2D eigenvalue weighted by molar-refractivity contribution is 7.21. The van der Waals surface area contributed by atoms with Crippen LogP contribution in [0.5, 0.6) is 0 Å². The summed E-state index contributed by atoms with van der Waals surface area (Å²) in [6.07, 6.45) is 2.62. The molecule has 1 amide bonds. The fraction of sp³-hybridized carbons (Fsp3) is 0.391. The van der Waals surface area contributed by atoms with Crippen molar-refractivity contribution < 1.29 is 14.3 Å². The molecule has 3 aromatic heterocycles. The molecule has 3 heterocycles. The van der Waals surface area contributed by atoms with E-state index in [1.807, 2.05) is 13.8 Å². The summed E-state index contributed by atoms with van der Waals surface area (Å²) in [7, 11) is 1.34. The highest BCUT2D eigenvalue weighted by atomic mass is 32.1. The number of aromatic nitrogens is 1. The smallest absolute Gasteiger partial charge is 0.341 e. The molecule has 5 N–H and O–H groups in total. The summed E-state index contributed by atoms with van der Waals surface area (Å²) in [5.41, 5.74) is 15.0. The standard InChI is InChI=1S/C23H25N5O3S2/c1-9(2)14-12(8-24)19(26)27-22-16(14)17(25)18(33-22)20(29)28-21-15(23(30)31-4)11-6-5-10(3)7-13(11)32-21/h9-10H,5-7,25H2,1-4H3,(H2,26,27)(H,28,29). The Kier molecular flexibility index (Phi) is 6.03. The molecule has 33 heavy (non-hydrogen) atoms. The number of fused-ring (bicyclic) bond motifs is 2. The molecule has 10 heteroatoms. The van der Waals surface area contributed by atoms with E-state index in [4.69, 9.17) is 16.2 Å². The molecule has 0 radical (unpaired) electrons. The van der Waals surface area contributed by atoms with Gasteiger partial charge in [-0.05, 0) is 42.2 Å². The number of hydrogen-bond donors (Lipinski definition) is 3. The SMILES string of the molecule is COC(=O)c1c(NC(=O)c2sc3nc(N)c(C#N)c(C(C)C)c3c2N)sc2c1CCC(C)C2. The van der Waals surface area contributed by atoms with Crippen LogP contribution in [0.2, 0.25) is 0 Å². The van der Waals surface area contributed by atoms with Crippen LogP contribution < -0.4 is 16.8 Å². The number of nitrogens with one attached hydrogen (secondary N) is 1. The van der Waals surface area contributed by atoms with Crippen LogP contribution in [0.4, 0.5) is 16.5 Å². The van der Waals surface area contributed by atoms with Gasteiger partial charge in [-0.1, -0.05) is 20.8 Å². The van der Waals surface area contributed by atoms with Crippen LogP contribution in [0.3, 0.4) is 0 Å². The number of carbonyl (C=O) groups is 2. The normalized spacial score (nSPS) is 15.3. The Bertz CT molecular complexity index is 1330. The van der Waals surface area contributed by atoms with E-state index in [1.165, 1.54) is 18.4 Å². The van der Waals surface area contributed by atoms with Crippen LogP contribution in [0.1, 0.15) is 74.7 Å². The van der Waals surface area contributed by atoms with Gasteiger partial charge < -0.3 is 21.5 Å². The first-order chi connectivity index (χ1) is 15.7. The van der Waals surface area contributed by atoms with E-state index in [2.05, 4.69) is 23.3 Å². The molecule has 1 aliphatic rings. The predicted octanol–water partition coefficient (Wildman–Crippen LogP) is 4.68. The second kappa shape index (κ2) is 8.65. The molecule has 4 rings (SSSR count). The van der Waals surface area contributed by atoms with E-state index in [1.54, 1.807) is 0 Å². The Morgan fingerprint density at radius 3 is 2.67 bits per heavy atom. The number of nitriles is 1. The molecule has 0 fully saturated rings. The van der Waals surface area contributed by atoms with Gasteiger partial charge in [-0.15, -0.1) is 22.7 Å². The maximum atomic E-state index is 13.3. The molecule has 172 valence electrons. The first-order valence-corrected chi connectivity index (χ1v) is 12.3. The summed E-state index contributed by atoms with van der Waals surface area (Å²) in [6.45, 7) is 6.05. The zero-order valence-electron chi connectivity index (χ0n) is 18.9. The van der Waals surface area contributed by atoms with Crippen molar-refractivity contribution in [1.29, 1.82) is 5.26 Å². The van der Waals surface area contributed by atoms with Gasteiger partial charge >= 0.3 is 5.97 Å². The van der Waals surface area contributed by atoms with Gasteiger partial charge in [-0.2, -0.15) is 5.26 Å². The summed E-state index contributed by atoms with van der Waals surface area (Å²) in [5, 5.41) is 13.5. The molecular formula is C23H25N5O3S2. The lowest BCUT2D eigenvalue weighted by Gasteiger charge is -2.18. The zero-order valence-corrected chi connectivity index (χ0v) is 20.5. The maximum absolute atomic E-state index is 13.3. The van der Waals surface area contributed by atoms with Crippen molar-refractivity contribution in [2.24, 2.45) is 5.92 Å². The molecular weight excluding hydrogens is 458 g/mol. The first kappa shape index (κ1) is 23.0. The minimum Gasteiger partial charge on any atom is -0.465 e. The van der Waals surface area contributed by atoms with Crippen molar-refractivity contribution in [2.45, 2.75) is 46.0 Å². The zero-order chi connectivity index (χ0) is 24.0. The fourth-order valence-electron chi connectivity index (χ4n) is 4.38. The monoisotopic (exact) mass is 483 g/mol. The van der Waals surface area contributed by atoms with Crippen molar-refractivity contribution in [2.75, 3.05) is 23.9 Å². The molecule has 3 aromatic rings. The van der Waals surface area contributed by atoms with Gasteiger partial charge in [0.2, 0.25) is 0 Å². The molecule has 0 aromatic carbocycles. The summed E-state index contributed by atoms with van der Waals surface area (Å²) in [5.74, 6) is -0.299. The van der Waals surface area contributed by atoms with E-state index in [0.717, 1.165) is 41.0 Å². The summed E-state index contributed by atoms with van der Waals surface area (Å²) >= 11 is 2.54. The molecule has 8 nitrogen and oxygen atoms in total. The van der Waals surface area contributed by atoms with Crippen LogP contribution in [-0.4, -0.2) is 24.0 Å². The van der Waals surface area contributed by atoms with Gasteiger partial charge in [0.25, 0.3) is 5.91 Å². The van der Waals surface area contributed by atoms with E-state index >= 15 is 0 Å². The topological polar surface area (TPSA) is 144 Å². The summed E-state index contributed by atoms with van der Waals surface area (Å²) in [4.78, 5) is 32.1. The Morgan fingerprint density at radius 2 is 2.03 bits per heavy atom. The average Bonchev–Trinajstić information content (AvgIpc) is 3.28. The third-order valence-corrected chi connectivity index (χ3v) is 8.23. The Balaban J connectivity index is 1.80. The summed E-state index contributed by atoms with van der Waals surface area (Å²) in [6, 6.07) is 2.11. The van der Waals surface area contributed by atoms with E-state index < -0.39 is 11.9 Å². The number of ether oxygens (including phenoxy) is 1. The lowest BCUT2D eigenvalue weighted by atomic mass is 9.88. The van der Waals surface area contributed by atoms with E-state index in [9.17, 15) is 14.9 Å². The highest BCUT2D eigenvalue weighted by Gasteiger charge is 2.30. The number of anilines is 3. The molecule has 0 saturated carbocycles. The molecule has 0 saturated heterocycles. The van der Waals surface area contributed by atoms with Gasteiger partial charge in [-0.3, -0.25) is 4.79 Å². The molecule has 0 spiro atoms. The number of nitrogen functional groups attached to an aromatic ring is 2. The number of rotatable bonds is 4. The minimum absolute atomic E-state index is 0.0443. The van der Waals surface area contributed by atoms with E-state index in [0.29, 0.717) is 32.3 Å². The van der Waals surface area contributed by atoms with Gasteiger partial charge in [-0.25, -0.2) is 9.78 Å². The van der Waals surface area contributed by atoms with Crippen LogP contribution in [0.25, 0.3) is 10.2 Å². The van der Waals surface area contributed by atoms with Crippen LogP contribution in [0, 0.1) is 17.2 Å². The van der Waals surface area contributed by atoms with Crippen LogP contribution in [0.15, 0.2) is 0 Å². The average molecular weight is 484 g/mol. The predicted molar refractivity (Wildman–Crippen MR) is 132 cm³/mol. The Morgan fingerprint density at radius 1 is 1.30 bits per heavy atom. The minimum atomic E-state index is -0.461. The second-order valence-electron chi connectivity index (χ2n) is 8.58. The largest absolute Gasteiger partial charge is 0.465 e. The third kappa shape index (κ3) is 3.81. The maximum Gasteiger partial charge on any atom is 0.341 e. The van der Waals surface area contributed by atoms with Crippen molar-refractivity contribution >= 4 is 61.3 Å². The fourth-order valence-corrected chi connectivity index (χ4v) is 6.79. The third-order valence-electron chi connectivity index (χ3n) is 5.97. The molecule has 0 aliphatic heterocycles. The number of nitrogens with zero attached hydrogens (tertiary/aromatic N) is 2. The molecule has 1 aliphatic carbocycles. The number of hydrogen-bond acceptors (Lipinski definition) is 9. The Labute approximate surface area is 199 Å². The Hall–Kier alpha value is -3.16. The molecule has 1 atom stereocenters.